The average Bonchev–Trinajstić information content (AvgIpc) is 4.16. The van der Waals surface area contributed by atoms with Crippen molar-refractivity contribution in [2.45, 2.75) is 134 Å². The first-order chi connectivity index (χ1) is 36.2. The van der Waals surface area contributed by atoms with Gasteiger partial charge >= 0.3 is 0 Å². The maximum Gasteiger partial charge on any atom is 0.243 e. The Kier molecular flexibility index (Phi) is 22.4. The third-order valence-electron chi connectivity index (χ3n) is 12.6. The van der Waals surface area contributed by atoms with Crippen molar-refractivity contribution in [3.63, 3.8) is 0 Å². The van der Waals surface area contributed by atoms with Crippen LogP contribution in [0.2, 0.25) is 0 Å². The summed E-state index contributed by atoms with van der Waals surface area (Å²) in [5.74, 6) is -6.54. The number of nitrogens with two attached hydrogens (primary N) is 2. The van der Waals surface area contributed by atoms with E-state index >= 15 is 0 Å². The van der Waals surface area contributed by atoms with E-state index in [4.69, 9.17) is 11.5 Å². The van der Waals surface area contributed by atoms with Gasteiger partial charge in [-0.2, -0.15) is 0 Å². The highest BCUT2D eigenvalue weighted by Gasteiger charge is 2.35. The van der Waals surface area contributed by atoms with E-state index in [-0.39, 0.29) is 50.4 Å². The Morgan fingerprint density at radius 3 is 2.07 bits per heavy atom. The van der Waals surface area contributed by atoms with Crippen molar-refractivity contribution >= 4 is 81.7 Å². The highest BCUT2D eigenvalue weighted by molar-refractivity contribution is 8.00. The Morgan fingerprint density at radius 2 is 1.42 bits per heavy atom. The second-order valence-corrected chi connectivity index (χ2v) is 20.9. The third-order valence-corrected chi connectivity index (χ3v) is 14.0. The number of thioether (sulfide) groups is 1. The number of amides is 10. The normalized spacial score (nSPS) is 16.0. The lowest BCUT2D eigenvalue weighted by molar-refractivity contribution is -0.135. The number of para-hydroxylation sites is 1. The Balaban J connectivity index is 1.24. The number of nitrogens with one attached hydrogen (secondary N) is 10. The standard InChI is InChI=1S/C52H71N13O10S/c1-28(2)19-41(46(54)69)76-26-34(20-31-11-7-6-8-12-31)60-51(74)40(22-33-24-55-27-58-33)62-44(68)25-57-52(75)45(29(3)4)65-47(70)30(5)59-50(73)39(21-32-23-56-36-14-10-9-13-35(32)36)64-49(72)38(15-17-42(53)66)63-48(71)37-16-18-43(67)61-37/h6-14,23-24,27-30,34,37-41,45,56H,15-22,25-26H2,1-5H3,(H2,53,66)(H2,54,69)(H,55,58)(H,57,75)(H,59,73)(H,60,74)(H,61,67)(H,62,68)(H,63,71)(H,64,72)(H,65,70)/t30-,34-,37-,38-,39-,40-,41+,45-/m0/s1. The molecule has 0 aliphatic carbocycles. The van der Waals surface area contributed by atoms with Crippen LogP contribution in [0.15, 0.2) is 73.3 Å². The van der Waals surface area contributed by atoms with E-state index < -0.39 is 113 Å². The lowest BCUT2D eigenvalue weighted by Crippen LogP contribution is -2.59. The first-order valence-corrected chi connectivity index (χ1v) is 26.4. The Bertz CT molecular complexity index is 2660. The minimum atomic E-state index is -1.35. The molecule has 2 aromatic heterocycles. The van der Waals surface area contributed by atoms with Gasteiger partial charge in [0.2, 0.25) is 59.1 Å². The van der Waals surface area contributed by atoms with Crippen molar-refractivity contribution < 1.29 is 47.9 Å². The summed E-state index contributed by atoms with van der Waals surface area (Å²) in [6.07, 6.45) is 5.33. The molecule has 3 heterocycles. The van der Waals surface area contributed by atoms with Gasteiger partial charge in [-0.05, 0) is 61.6 Å². The van der Waals surface area contributed by atoms with Crippen molar-refractivity contribution in [1.82, 2.24) is 57.5 Å². The van der Waals surface area contributed by atoms with Crippen LogP contribution in [0.4, 0.5) is 0 Å². The molecule has 2 aromatic carbocycles. The summed E-state index contributed by atoms with van der Waals surface area (Å²) in [5.41, 5.74) is 14.0. The van der Waals surface area contributed by atoms with Crippen LogP contribution in [0.5, 0.6) is 0 Å². The maximum atomic E-state index is 14.1. The largest absolute Gasteiger partial charge is 0.370 e. The second kappa shape index (κ2) is 28.8. The van der Waals surface area contributed by atoms with Crippen LogP contribution >= 0.6 is 11.8 Å². The summed E-state index contributed by atoms with van der Waals surface area (Å²) in [5, 5.41) is 21.6. The highest BCUT2D eigenvalue weighted by atomic mass is 32.2. The number of primary amides is 2. The Hall–Kier alpha value is -7.76. The number of aromatic nitrogens is 3. The number of hydrogen-bond acceptors (Lipinski definition) is 12. The number of imidazole rings is 1. The molecule has 14 N–H and O–H groups in total. The van der Waals surface area contributed by atoms with Crippen molar-refractivity contribution in [3.8, 4) is 0 Å². The van der Waals surface area contributed by atoms with E-state index in [0.29, 0.717) is 29.9 Å². The van der Waals surface area contributed by atoms with Crippen molar-refractivity contribution in [1.29, 1.82) is 0 Å². The van der Waals surface area contributed by atoms with Crippen LogP contribution in [-0.2, 0) is 67.2 Å². The Labute approximate surface area is 444 Å². The van der Waals surface area contributed by atoms with Crippen LogP contribution in [0.3, 0.4) is 0 Å². The SMILES string of the molecule is CC(C)C[C@@H](SC[C@H](Cc1ccccc1)NC(=O)[C@H](Cc1cnc[nH]1)NC(=O)CNC(=O)[C@@H](NC(=O)[C@H](C)NC(=O)[C@H](Cc1c[nH]c2ccccc12)NC(=O)[C@H](CCC(N)=O)NC(=O)[C@@H]1CCC(=O)N1)C(C)C)C(N)=O. The van der Waals surface area contributed by atoms with Crippen LogP contribution in [0.1, 0.15) is 83.5 Å². The zero-order chi connectivity index (χ0) is 55.5. The first kappa shape index (κ1) is 59.1. The summed E-state index contributed by atoms with van der Waals surface area (Å²) < 4.78 is 0. The van der Waals surface area contributed by atoms with Crippen molar-refractivity contribution in [3.05, 3.63) is 90.1 Å². The van der Waals surface area contributed by atoms with Crippen LogP contribution in [0.25, 0.3) is 10.9 Å². The molecule has 0 unspecified atom stereocenters. The third kappa shape index (κ3) is 18.6. The molecule has 410 valence electrons. The van der Waals surface area contributed by atoms with Crippen LogP contribution in [0, 0.1) is 11.8 Å². The van der Waals surface area contributed by atoms with Gasteiger partial charge < -0.3 is 64.0 Å². The van der Waals surface area contributed by atoms with Crippen molar-refractivity contribution in [2.24, 2.45) is 23.3 Å². The maximum absolute atomic E-state index is 14.1. The molecular weight excluding hydrogens is 999 g/mol. The van der Waals surface area contributed by atoms with E-state index in [2.05, 4.69) is 57.5 Å². The van der Waals surface area contributed by atoms with Gasteiger partial charge in [-0.3, -0.25) is 47.9 Å². The summed E-state index contributed by atoms with van der Waals surface area (Å²) in [7, 11) is 0. The van der Waals surface area contributed by atoms with E-state index in [1.165, 1.54) is 31.2 Å². The summed E-state index contributed by atoms with van der Waals surface area (Å²) in [6.45, 7) is 8.11. The lowest BCUT2D eigenvalue weighted by atomic mass is 10.0. The zero-order valence-electron chi connectivity index (χ0n) is 43.4. The average molecular weight is 1070 g/mol. The molecule has 1 aliphatic rings. The topological polar surface area (TPSA) is 363 Å². The van der Waals surface area contributed by atoms with Gasteiger partial charge in [0.15, 0.2) is 0 Å². The lowest BCUT2D eigenvalue weighted by Gasteiger charge is -2.27. The number of H-pyrrole nitrogens is 2. The fraction of sp³-hybridized carbons (Fsp3) is 0.481. The number of rotatable bonds is 30. The molecule has 1 fully saturated rings. The second-order valence-electron chi connectivity index (χ2n) is 19.7. The minimum Gasteiger partial charge on any atom is -0.370 e. The van der Waals surface area contributed by atoms with Crippen molar-refractivity contribution in [2.75, 3.05) is 12.3 Å². The molecule has 10 amide bonds. The molecule has 1 saturated heterocycles. The molecule has 1 aliphatic heterocycles. The predicted molar refractivity (Wildman–Crippen MR) is 284 cm³/mol. The zero-order valence-corrected chi connectivity index (χ0v) is 44.2. The van der Waals surface area contributed by atoms with Gasteiger partial charge in [-0.25, -0.2) is 4.98 Å². The van der Waals surface area contributed by atoms with Gasteiger partial charge in [0.25, 0.3) is 0 Å². The molecule has 76 heavy (non-hydrogen) atoms. The van der Waals surface area contributed by atoms with E-state index in [9.17, 15) is 47.9 Å². The van der Waals surface area contributed by atoms with E-state index in [0.717, 1.165) is 16.5 Å². The van der Waals surface area contributed by atoms with E-state index in [1.54, 1.807) is 26.1 Å². The van der Waals surface area contributed by atoms with Gasteiger partial charge in [0.05, 0.1) is 18.1 Å². The molecule has 8 atom stereocenters. The molecule has 23 nitrogen and oxygen atoms in total. The molecule has 0 radical (unpaired) electrons. The number of hydrogen-bond donors (Lipinski definition) is 12. The molecule has 0 bridgehead atoms. The molecule has 0 saturated carbocycles. The molecule has 5 rings (SSSR count). The first-order valence-electron chi connectivity index (χ1n) is 25.3. The number of benzene rings is 2. The number of aromatic amines is 2. The smallest absolute Gasteiger partial charge is 0.243 e. The van der Waals surface area contributed by atoms with Gasteiger partial charge in [0.1, 0.15) is 36.3 Å². The minimum absolute atomic E-state index is 0.0162. The van der Waals surface area contributed by atoms with Gasteiger partial charge in [0, 0.05) is 66.5 Å². The summed E-state index contributed by atoms with van der Waals surface area (Å²) >= 11 is 1.36. The highest BCUT2D eigenvalue weighted by Crippen LogP contribution is 2.22. The fourth-order valence-corrected chi connectivity index (χ4v) is 9.81. The summed E-state index contributed by atoms with van der Waals surface area (Å²) in [6, 6.07) is 9.05. The summed E-state index contributed by atoms with van der Waals surface area (Å²) in [4.78, 5) is 142. The number of fused-ring (bicyclic) bond motifs is 1. The predicted octanol–water partition coefficient (Wildman–Crippen LogP) is -0.203. The number of carbonyl (C=O) groups excluding carboxylic acids is 10. The molecule has 4 aromatic rings. The molecular formula is C52H71N13O10S. The number of nitrogens with zero attached hydrogens (tertiary/aromatic N) is 1. The fourth-order valence-electron chi connectivity index (χ4n) is 8.46. The van der Waals surface area contributed by atoms with Crippen LogP contribution < -0.4 is 54.0 Å². The molecule has 0 spiro atoms. The Morgan fingerprint density at radius 1 is 0.737 bits per heavy atom. The quantitative estimate of drug-likeness (QED) is 0.0323. The van der Waals surface area contributed by atoms with Gasteiger partial charge in [-0.1, -0.05) is 76.2 Å². The van der Waals surface area contributed by atoms with E-state index in [1.807, 2.05) is 62.4 Å². The van der Waals surface area contributed by atoms with Gasteiger partial charge in [-0.15, -0.1) is 11.8 Å². The molecule has 24 heteroatoms. The monoisotopic (exact) mass is 1070 g/mol. The van der Waals surface area contributed by atoms with Crippen LogP contribution in [-0.4, -0.2) is 134 Å². The number of carbonyl (C=O) groups is 10.